The molecule has 0 saturated carbocycles. The largest absolute Gasteiger partial charge is 0.310 e. The number of anilines is 3. The van der Waals surface area contributed by atoms with Crippen LogP contribution in [-0.2, 0) is 0 Å². The zero-order valence-electron chi connectivity index (χ0n) is 37.5. The van der Waals surface area contributed by atoms with Crippen LogP contribution in [0, 0.1) is 0 Å². The molecule has 0 spiro atoms. The molecular formula is C64H46N2Si. The second-order valence-corrected chi connectivity index (χ2v) is 22.9. The third kappa shape index (κ3) is 6.46. The standard InChI is InChI=1S/C64H46N2Si/c1-67(2)63-23-13-11-21-56(63)59-40-51(32-37-64(59)67)57-41-58-55-20-10-12-22-60(55)66(52-18-4-3-5-19-52)62(58)42-61(57)65(53-33-28-45(29-34-53)49-26-24-43-14-6-8-16-47(43)38-49)54-35-30-46(31-36-54)50-27-25-44-15-7-9-17-48(44)39-50/h3-42H,1-2H3. The molecule has 0 saturated heterocycles. The molecule has 0 N–H and O–H groups in total. The molecule has 0 fully saturated rings. The predicted octanol–water partition coefficient (Wildman–Crippen LogP) is 16.4. The summed E-state index contributed by atoms with van der Waals surface area (Å²) in [6.45, 7) is 5.00. The highest BCUT2D eigenvalue weighted by Crippen LogP contribution is 2.47. The summed E-state index contributed by atoms with van der Waals surface area (Å²) < 4.78 is 2.44. The van der Waals surface area contributed by atoms with Crippen LogP contribution in [-0.4, -0.2) is 12.6 Å². The molecule has 3 heteroatoms. The van der Waals surface area contributed by atoms with Crippen LogP contribution in [0.1, 0.15) is 0 Å². The summed E-state index contributed by atoms with van der Waals surface area (Å²) in [7, 11) is -1.87. The summed E-state index contributed by atoms with van der Waals surface area (Å²) in [4.78, 5) is 2.48. The summed E-state index contributed by atoms with van der Waals surface area (Å²) >= 11 is 0. The quantitative estimate of drug-likeness (QED) is 0.145. The van der Waals surface area contributed by atoms with Gasteiger partial charge in [0.05, 0.1) is 16.7 Å². The van der Waals surface area contributed by atoms with Crippen LogP contribution >= 0.6 is 0 Å². The molecule has 0 unspecified atom stereocenters. The van der Waals surface area contributed by atoms with E-state index in [0.717, 1.165) is 28.3 Å². The van der Waals surface area contributed by atoms with Crippen molar-refractivity contribution < 1.29 is 0 Å². The highest BCUT2D eigenvalue weighted by atomic mass is 28.3. The minimum absolute atomic E-state index is 1.09. The summed E-state index contributed by atoms with van der Waals surface area (Å²) in [5, 5.41) is 10.5. The third-order valence-corrected chi connectivity index (χ3v) is 17.9. The van der Waals surface area contributed by atoms with Gasteiger partial charge in [-0.15, -0.1) is 0 Å². The Labute approximate surface area is 392 Å². The SMILES string of the molecule is C[Si]1(C)c2ccccc2-c2cc(-c3cc4c5ccccc5n(-c5ccccc5)c4cc3N(c3ccc(-c4ccc5ccccc5c4)cc3)c3ccc(-c4ccc5ccccc5c4)cc3)ccc21. The van der Waals surface area contributed by atoms with Crippen LogP contribution in [0.15, 0.2) is 243 Å². The number of nitrogens with zero attached hydrogens (tertiary/aromatic N) is 2. The molecule has 1 aromatic heterocycles. The van der Waals surface area contributed by atoms with Gasteiger partial charge in [0.15, 0.2) is 0 Å². The van der Waals surface area contributed by atoms with Gasteiger partial charge in [0.25, 0.3) is 0 Å². The first-order valence-corrected chi connectivity index (χ1v) is 26.3. The lowest BCUT2D eigenvalue weighted by atomic mass is 9.95. The van der Waals surface area contributed by atoms with E-state index < -0.39 is 8.07 Å². The van der Waals surface area contributed by atoms with E-state index in [4.69, 9.17) is 0 Å². The maximum Gasteiger partial charge on any atom is 0.113 e. The van der Waals surface area contributed by atoms with E-state index in [1.807, 2.05) is 0 Å². The summed E-state index contributed by atoms with van der Waals surface area (Å²) in [5.41, 5.74) is 16.7. The van der Waals surface area contributed by atoms with Crippen molar-refractivity contribution in [1.82, 2.24) is 4.57 Å². The molecule has 0 aliphatic carbocycles. The maximum atomic E-state index is 2.50. The maximum absolute atomic E-state index is 2.50. The Bertz CT molecular complexity index is 3760. The summed E-state index contributed by atoms with van der Waals surface area (Å²) in [6.07, 6.45) is 0. The van der Waals surface area contributed by atoms with Crippen molar-refractivity contribution in [3.05, 3.63) is 243 Å². The minimum Gasteiger partial charge on any atom is -0.310 e. The fourth-order valence-electron chi connectivity index (χ4n) is 10.9. The van der Waals surface area contributed by atoms with Crippen LogP contribution in [0.4, 0.5) is 17.1 Å². The molecule has 2 heterocycles. The summed E-state index contributed by atoms with van der Waals surface area (Å²) in [6, 6.07) is 90.1. The molecule has 1 aliphatic rings. The zero-order chi connectivity index (χ0) is 44.6. The van der Waals surface area contributed by atoms with Crippen LogP contribution in [0.3, 0.4) is 0 Å². The fourth-order valence-corrected chi connectivity index (χ4v) is 14.0. The molecule has 13 rings (SSSR count). The van der Waals surface area contributed by atoms with Crippen molar-refractivity contribution in [2.75, 3.05) is 4.90 Å². The second kappa shape index (κ2) is 15.4. The second-order valence-electron chi connectivity index (χ2n) is 18.6. The average molecular weight is 871 g/mol. The number of aromatic nitrogens is 1. The van der Waals surface area contributed by atoms with E-state index in [2.05, 4.69) is 265 Å². The van der Waals surface area contributed by atoms with Crippen LogP contribution in [0.5, 0.6) is 0 Å². The molecule has 1 aliphatic heterocycles. The number of fused-ring (bicyclic) bond motifs is 8. The van der Waals surface area contributed by atoms with Gasteiger partial charge in [0, 0.05) is 33.4 Å². The highest BCUT2D eigenvalue weighted by Gasteiger charge is 2.37. The summed E-state index contributed by atoms with van der Waals surface area (Å²) in [5.74, 6) is 0. The van der Waals surface area contributed by atoms with Gasteiger partial charge in [-0.05, 0) is 144 Å². The first kappa shape index (κ1) is 39.1. The Hall–Kier alpha value is -8.24. The van der Waals surface area contributed by atoms with E-state index in [1.54, 1.807) is 0 Å². The van der Waals surface area contributed by atoms with Gasteiger partial charge in [0.1, 0.15) is 8.07 Å². The molecule has 2 nitrogen and oxygen atoms in total. The Morgan fingerprint density at radius 1 is 0.328 bits per heavy atom. The highest BCUT2D eigenvalue weighted by molar-refractivity contribution is 7.03. The van der Waals surface area contributed by atoms with E-state index >= 15 is 0 Å². The fraction of sp³-hybridized carbons (Fsp3) is 0.0312. The first-order chi connectivity index (χ1) is 33.0. The van der Waals surface area contributed by atoms with Gasteiger partial charge in [-0.25, -0.2) is 0 Å². The smallest absolute Gasteiger partial charge is 0.113 e. The zero-order valence-corrected chi connectivity index (χ0v) is 38.5. The lowest BCUT2D eigenvalue weighted by Gasteiger charge is -2.29. The Morgan fingerprint density at radius 3 is 1.51 bits per heavy atom. The number of rotatable bonds is 7. The van der Waals surface area contributed by atoms with Gasteiger partial charge >= 0.3 is 0 Å². The van der Waals surface area contributed by atoms with E-state index in [9.17, 15) is 0 Å². The van der Waals surface area contributed by atoms with Crippen molar-refractivity contribution in [3.8, 4) is 50.2 Å². The Morgan fingerprint density at radius 2 is 0.851 bits per heavy atom. The Balaban J connectivity index is 1.06. The van der Waals surface area contributed by atoms with Crippen molar-refractivity contribution in [3.63, 3.8) is 0 Å². The van der Waals surface area contributed by atoms with Crippen molar-refractivity contribution in [2.45, 2.75) is 13.1 Å². The molecule has 0 atom stereocenters. The van der Waals surface area contributed by atoms with Gasteiger partial charge < -0.3 is 9.47 Å². The van der Waals surface area contributed by atoms with Gasteiger partial charge in [-0.2, -0.15) is 0 Å². The Kier molecular flexibility index (Phi) is 9.02. The lowest BCUT2D eigenvalue weighted by Crippen LogP contribution is -2.49. The molecular weight excluding hydrogens is 825 g/mol. The van der Waals surface area contributed by atoms with Crippen LogP contribution in [0.25, 0.3) is 93.5 Å². The average Bonchev–Trinajstić information content (AvgIpc) is 3.83. The van der Waals surface area contributed by atoms with Gasteiger partial charge in [-0.1, -0.05) is 183 Å². The number of para-hydroxylation sites is 2. The minimum atomic E-state index is -1.87. The molecule has 0 radical (unpaired) electrons. The number of hydrogen-bond donors (Lipinski definition) is 0. The molecule has 11 aromatic carbocycles. The molecule has 12 aromatic rings. The van der Waals surface area contributed by atoms with Crippen molar-refractivity contribution in [2.24, 2.45) is 0 Å². The van der Waals surface area contributed by atoms with Crippen molar-refractivity contribution in [1.29, 1.82) is 0 Å². The van der Waals surface area contributed by atoms with E-state index in [-0.39, 0.29) is 0 Å². The van der Waals surface area contributed by atoms with Gasteiger partial charge in [-0.3, -0.25) is 0 Å². The molecule has 0 bridgehead atoms. The molecule has 0 amide bonds. The van der Waals surface area contributed by atoms with E-state index in [0.29, 0.717) is 0 Å². The number of hydrogen-bond acceptors (Lipinski definition) is 1. The normalized spacial score (nSPS) is 12.7. The van der Waals surface area contributed by atoms with Crippen LogP contribution < -0.4 is 15.3 Å². The number of benzene rings is 11. The topological polar surface area (TPSA) is 8.17 Å². The van der Waals surface area contributed by atoms with E-state index in [1.165, 1.54) is 92.7 Å². The predicted molar refractivity (Wildman–Crippen MR) is 289 cm³/mol. The monoisotopic (exact) mass is 870 g/mol. The first-order valence-electron chi connectivity index (χ1n) is 23.3. The molecule has 316 valence electrons. The van der Waals surface area contributed by atoms with Crippen molar-refractivity contribution >= 4 is 78.9 Å². The van der Waals surface area contributed by atoms with Crippen LogP contribution in [0.2, 0.25) is 13.1 Å². The third-order valence-electron chi connectivity index (χ3n) is 14.4. The molecule has 67 heavy (non-hydrogen) atoms. The lowest BCUT2D eigenvalue weighted by molar-refractivity contribution is 1.18. The van der Waals surface area contributed by atoms with Gasteiger partial charge in [0.2, 0.25) is 0 Å².